The van der Waals surface area contributed by atoms with Crippen LogP contribution >= 0.6 is 0 Å². The molecule has 1 aliphatic rings. The van der Waals surface area contributed by atoms with Crippen molar-refractivity contribution in [2.75, 3.05) is 18.0 Å². The molecule has 1 aliphatic heterocycles. The van der Waals surface area contributed by atoms with Crippen LogP contribution in [-0.2, 0) is 6.54 Å². The third kappa shape index (κ3) is 4.18. The van der Waals surface area contributed by atoms with Crippen molar-refractivity contribution in [2.45, 2.75) is 32.2 Å². The average Bonchev–Trinajstić information content (AvgIpc) is 2.90. The lowest BCUT2D eigenvalue weighted by Crippen LogP contribution is -2.26. The standard InChI is InChI=1S/C17H21N5O2/c23-16-6-5-14(20-21-16)17(24)19-12-13-7-8-18-15(11-13)22-9-3-1-2-4-10-22/h5-8,11H,1-4,9-10,12H2,(H,19,24)(H,21,23). The van der Waals surface area contributed by atoms with Crippen molar-refractivity contribution in [3.63, 3.8) is 0 Å². The number of aromatic nitrogens is 3. The highest BCUT2D eigenvalue weighted by Crippen LogP contribution is 2.18. The van der Waals surface area contributed by atoms with Gasteiger partial charge in [0.1, 0.15) is 11.5 Å². The maximum atomic E-state index is 12.0. The van der Waals surface area contributed by atoms with E-state index >= 15 is 0 Å². The summed E-state index contributed by atoms with van der Waals surface area (Å²) in [5.74, 6) is 0.644. The molecule has 3 rings (SSSR count). The number of rotatable bonds is 4. The molecule has 0 aromatic carbocycles. The molecule has 24 heavy (non-hydrogen) atoms. The number of H-pyrrole nitrogens is 1. The molecular formula is C17H21N5O2. The van der Waals surface area contributed by atoms with Crippen molar-refractivity contribution in [1.29, 1.82) is 0 Å². The van der Waals surface area contributed by atoms with E-state index < -0.39 is 0 Å². The first kappa shape index (κ1) is 16.2. The molecule has 3 heterocycles. The first-order chi connectivity index (χ1) is 11.7. The van der Waals surface area contributed by atoms with E-state index in [0.717, 1.165) is 24.5 Å². The fraction of sp³-hybridized carbons (Fsp3) is 0.412. The quantitative estimate of drug-likeness (QED) is 0.887. The zero-order valence-corrected chi connectivity index (χ0v) is 13.5. The molecule has 2 aromatic heterocycles. The second-order valence-corrected chi connectivity index (χ2v) is 5.91. The normalized spacial score (nSPS) is 14.9. The van der Waals surface area contributed by atoms with Gasteiger partial charge in [0, 0.05) is 31.9 Å². The summed E-state index contributed by atoms with van der Waals surface area (Å²) >= 11 is 0. The number of nitrogens with zero attached hydrogens (tertiary/aromatic N) is 3. The van der Waals surface area contributed by atoms with Crippen LogP contribution in [0.1, 0.15) is 41.7 Å². The van der Waals surface area contributed by atoms with Gasteiger partial charge in [-0.2, -0.15) is 5.10 Å². The topological polar surface area (TPSA) is 91.0 Å². The number of pyridine rings is 1. The molecule has 2 N–H and O–H groups in total. The van der Waals surface area contributed by atoms with Gasteiger partial charge in [-0.25, -0.2) is 10.1 Å². The van der Waals surface area contributed by atoms with Crippen molar-refractivity contribution in [2.24, 2.45) is 0 Å². The maximum Gasteiger partial charge on any atom is 0.271 e. The van der Waals surface area contributed by atoms with Crippen LogP contribution in [0.2, 0.25) is 0 Å². The molecule has 0 radical (unpaired) electrons. The fourth-order valence-corrected chi connectivity index (χ4v) is 2.79. The highest BCUT2D eigenvalue weighted by molar-refractivity contribution is 5.91. The molecule has 7 heteroatoms. The van der Waals surface area contributed by atoms with Gasteiger partial charge in [-0.05, 0) is 36.6 Å². The minimum Gasteiger partial charge on any atom is -0.357 e. The summed E-state index contributed by atoms with van der Waals surface area (Å²) in [7, 11) is 0. The Morgan fingerprint density at radius 2 is 1.96 bits per heavy atom. The van der Waals surface area contributed by atoms with Crippen molar-refractivity contribution in [3.05, 3.63) is 52.1 Å². The van der Waals surface area contributed by atoms with E-state index in [-0.39, 0.29) is 17.2 Å². The zero-order chi connectivity index (χ0) is 16.8. The zero-order valence-electron chi connectivity index (χ0n) is 13.5. The molecule has 1 amide bonds. The molecule has 7 nitrogen and oxygen atoms in total. The van der Waals surface area contributed by atoms with Crippen molar-refractivity contribution in [3.8, 4) is 0 Å². The van der Waals surface area contributed by atoms with Gasteiger partial charge in [-0.15, -0.1) is 0 Å². The molecule has 0 spiro atoms. The lowest BCUT2D eigenvalue weighted by Gasteiger charge is -2.21. The van der Waals surface area contributed by atoms with E-state index in [4.69, 9.17) is 0 Å². The van der Waals surface area contributed by atoms with E-state index in [1.165, 1.54) is 37.8 Å². The highest BCUT2D eigenvalue weighted by atomic mass is 16.2. The first-order valence-corrected chi connectivity index (χ1v) is 8.26. The smallest absolute Gasteiger partial charge is 0.271 e. The number of carbonyl (C=O) groups is 1. The molecule has 126 valence electrons. The van der Waals surface area contributed by atoms with Gasteiger partial charge in [0.25, 0.3) is 11.5 Å². The van der Waals surface area contributed by atoms with Gasteiger partial charge in [-0.1, -0.05) is 12.8 Å². The third-order valence-corrected chi connectivity index (χ3v) is 4.10. The Labute approximate surface area is 140 Å². The fourth-order valence-electron chi connectivity index (χ4n) is 2.79. The van der Waals surface area contributed by atoms with Gasteiger partial charge in [0.2, 0.25) is 0 Å². The summed E-state index contributed by atoms with van der Waals surface area (Å²) in [6, 6.07) is 6.60. The molecule has 1 saturated heterocycles. The monoisotopic (exact) mass is 327 g/mol. The number of anilines is 1. The number of amides is 1. The van der Waals surface area contributed by atoms with Crippen LogP contribution in [0.4, 0.5) is 5.82 Å². The van der Waals surface area contributed by atoms with E-state index in [1.807, 2.05) is 12.1 Å². The van der Waals surface area contributed by atoms with Crippen molar-refractivity contribution < 1.29 is 4.79 Å². The van der Waals surface area contributed by atoms with E-state index in [1.54, 1.807) is 6.20 Å². The Bertz CT molecular complexity index is 730. The molecule has 0 bridgehead atoms. The van der Waals surface area contributed by atoms with Crippen LogP contribution in [-0.4, -0.2) is 34.2 Å². The van der Waals surface area contributed by atoms with Crippen LogP contribution in [0, 0.1) is 0 Å². The Morgan fingerprint density at radius 3 is 2.67 bits per heavy atom. The number of hydrogen-bond donors (Lipinski definition) is 2. The largest absolute Gasteiger partial charge is 0.357 e. The summed E-state index contributed by atoms with van der Waals surface area (Å²) in [4.78, 5) is 29.8. The minimum atomic E-state index is -0.331. The first-order valence-electron chi connectivity index (χ1n) is 8.26. The van der Waals surface area contributed by atoms with E-state index in [2.05, 4.69) is 25.4 Å². The summed E-state index contributed by atoms with van der Waals surface area (Å²) in [5, 5.41) is 8.78. The average molecular weight is 327 g/mol. The summed E-state index contributed by atoms with van der Waals surface area (Å²) < 4.78 is 0. The minimum absolute atomic E-state index is 0.191. The van der Waals surface area contributed by atoms with Gasteiger partial charge in [0.05, 0.1) is 0 Å². The molecule has 0 unspecified atom stereocenters. The summed E-state index contributed by atoms with van der Waals surface area (Å²) in [5.41, 5.74) is 0.848. The molecule has 0 atom stereocenters. The van der Waals surface area contributed by atoms with Gasteiger partial charge >= 0.3 is 0 Å². The maximum absolute atomic E-state index is 12.0. The van der Waals surface area contributed by atoms with Crippen LogP contribution in [0.3, 0.4) is 0 Å². The SMILES string of the molecule is O=C(NCc1ccnc(N2CCCCCC2)c1)c1ccc(=O)[nH]n1. The highest BCUT2D eigenvalue weighted by Gasteiger charge is 2.12. The lowest BCUT2D eigenvalue weighted by atomic mass is 10.2. The van der Waals surface area contributed by atoms with E-state index in [0.29, 0.717) is 6.54 Å². The van der Waals surface area contributed by atoms with Crippen LogP contribution in [0.15, 0.2) is 35.3 Å². The molecule has 1 fully saturated rings. The number of hydrogen-bond acceptors (Lipinski definition) is 5. The molecule has 2 aromatic rings. The van der Waals surface area contributed by atoms with Crippen molar-refractivity contribution >= 4 is 11.7 Å². The second-order valence-electron chi connectivity index (χ2n) is 5.91. The molecule has 0 aliphatic carbocycles. The predicted molar refractivity (Wildman–Crippen MR) is 90.9 cm³/mol. The third-order valence-electron chi connectivity index (χ3n) is 4.10. The van der Waals surface area contributed by atoms with E-state index in [9.17, 15) is 9.59 Å². The Hall–Kier alpha value is -2.70. The second kappa shape index (κ2) is 7.72. The summed E-state index contributed by atoms with van der Waals surface area (Å²) in [6.45, 7) is 2.46. The predicted octanol–water partition coefficient (Wildman–Crippen LogP) is 1.48. The van der Waals surface area contributed by atoms with Gasteiger partial charge in [0.15, 0.2) is 0 Å². The number of carbonyl (C=O) groups excluding carboxylic acids is 1. The Balaban J connectivity index is 1.62. The Kier molecular flexibility index (Phi) is 5.20. The van der Waals surface area contributed by atoms with Gasteiger partial charge < -0.3 is 10.2 Å². The van der Waals surface area contributed by atoms with Crippen molar-refractivity contribution in [1.82, 2.24) is 20.5 Å². The molecule has 0 saturated carbocycles. The van der Waals surface area contributed by atoms with Gasteiger partial charge in [-0.3, -0.25) is 9.59 Å². The number of nitrogens with one attached hydrogen (secondary N) is 2. The number of aromatic amines is 1. The lowest BCUT2D eigenvalue weighted by molar-refractivity contribution is 0.0945. The van der Waals surface area contributed by atoms with Crippen LogP contribution in [0.25, 0.3) is 0 Å². The van der Waals surface area contributed by atoms with Crippen LogP contribution < -0.4 is 15.8 Å². The summed E-state index contributed by atoms with van der Waals surface area (Å²) in [6.07, 6.45) is 6.72. The Morgan fingerprint density at radius 1 is 1.17 bits per heavy atom. The van der Waals surface area contributed by atoms with Crippen LogP contribution in [0.5, 0.6) is 0 Å². The molecular weight excluding hydrogens is 306 g/mol.